The number of rotatable bonds is 3. The topological polar surface area (TPSA) is 66.5 Å². The van der Waals surface area contributed by atoms with E-state index in [1.165, 1.54) is 16.7 Å². The predicted molar refractivity (Wildman–Crippen MR) is 92.4 cm³/mol. The minimum Gasteiger partial charge on any atom is -0.338 e. The number of benzene rings is 1. The Balaban J connectivity index is 1.90. The number of aryl methyl sites for hydroxylation is 2. The average Bonchev–Trinajstić information content (AvgIpc) is 2.44. The summed E-state index contributed by atoms with van der Waals surface area (Å²) in [6.45, 7) is 8.41. The van der Waals surface area contributed by atoms with E-state index in [2.05, 4.69) is 37.4 Å². The van der Waals surface area contributed by atoms with Crippen LogP contribution >= 0.6 is 0 Å². The van der Waals surface area contributed by atoms with Crippen LogP contribution < -0.4 is 5.32 Å². The molecular formula is C17H26N2O3S. The zero-order valence-electron chi connectivity index (χ0n) is 14.3. The van der Waals surface area contributed by atoms with Gasteiger partial charge in [-0.2, -0.15) is 0 Å². The number of sulfone groups is 1. The third kappa shape index (κ3) is 4.25. The van der Waals surface area contributed by atoms with Crippen LogP contribution in [0.3, 0.4) is 0 Å². The molecule has 6 heteroatoms. The Hall–Kier alpha value is -1.56. The van der Waals surface area contributed by atoms with E-state index in [1.54, 1.807) is 18.7 Å². The largest absolute Gasteiger partial charge is 0.338 e. The zero-order chi connectivity index (χ0) is 17.2. The molecular weight excluding hydrogens is 312 g/mol. The van der Waals surface area contributed by atoms with Gasteiger partial charge >= 0.3 is 6.03 Å². The highest BCUT2D eigenvalue weighted by Gasteiger charge is 2.37. The van der Waals surface area contributed by atoms with E-state index in [9.17, 15) is 13.2 Å². The van der Waals surface area contributed by atoms with Crippen molar-refractivity contribution in [1.29, 1.82) is 0 Å². The van der Waals surface area contributed by atoms with Gasteiger partial charge in [-0.1, -0.05) is 29.3 Å². The van der Waals surface area contributed by atoms with Crippen LogP contribution in [0.4, 0.5) is 4.79 Å². The highest BCUT2D eigenvalue weighted by atomic mass is 32.2. The van der Waals surface area contributed by atoms with Gasteiger partial charge in [0.15, 0.2) is 9.84 Å². The van der Waals surface area contributed by atoms with Crippen molar-refractivity contribution in [3.63, 3.8) is 0 Å². The molecule has 0 spiro atoms. The Morgan fingerprint density at radius 2 is 1.83 bits per heavy atom. The Morgan fingerprint density at radius 1 is 1.22 bits per heavy atom. The summed E-state index contributed by atoms with van der Waals surface area (Å²) in [7, 11) is -3.07. The summed E-state index contributed by atoms with van der Waals surface area (Å²) >= 11 is 0. The molecule has 1 saturated heterocycles. The van der Waals surface area contributed by atoms with Crippen LogP contribution in [-0.2, 0) is 16.3 Å². The van der Waals surface area contributed by atoms with Crippen molar-refractivity contribution in [2.45, 2.75) is 45.4 Å². The monoisotopic (exact) mass is 338 g/mol. The zero-order valence-corrected chi connectivity index (χ0v) is 15.1. The lowest BCUT2D eigenvalue weighted by Gasteiger charge is -2.37. The van der Waals surface area contributed by atoms with Crippen LogP contribution in [0.2, 0.25) is 0 Å². The number of nitrogens with one attached hydrogen (secondary N) is 1. The number of nitrogens with zero attached hydrogens (tertiary/aromatic N) is 1. The lowest BCUT2D eigenvalue weighted by molar-refractivity contribution is 0.178. The lowest BCUT2D eigenvalue weighted by atomic mass is 10.1. The molecule has 5 nitrogen and oxygen atoms in total. The van der Waals surface area contributed by atoms with E-state index in [4.69, 9.17) is 0 Å². The maximum atomic E-state index is 12.3. The summed E-state index contributed by atoms with van der Waals surface area (Å²) < 4.78 is 23.7. The molecule has 1 heterocycles. The van der Waals surface area contributed by atoms with Gasteiger partial charge < -0.3 is 10.2 Å². The predicted octanol–water partition coefficient (Wildman–Crippen LogP) is 2.06. The number of hydrogen-bond donors (Lipinski definition) is 1. The molecule has 1 aromatic carbocycles. The summed E-state index contributed by atoms with van der Waals surface area (Å²) in [5, 5.41) is 2.40. The smallest absolute Gasteiger partial charge is 0.317 e. The first-order valence-corrected chi connectivity index (χ1v) is 9.75. The molecule has 2 atom stereocenters. The quantitative estimate of drug-likeness (QED) is 0.917. The summed E-state index contributed by atoms with van der Waals surface area (Å²) in [4.78, 5) is 13.9. The van der Waals surface area contributed by atoms with Gasteiger partial charge in [0, 0.05) is 19.1 Å². The summed E-state index contributed by atoms with van der Waals surface area (Å²) in [5.41, 5.74) is 3.63. The van der Waals surface area contributed by atoms with Crippen molar-refractivity contribution in [3.8, 4) is 0 Å². The molecule has 0 aromatic heterocycles. The molecule has 0 saturated carbocycles. The van der Waals surface area contributed by atoms with Gasteiger partial charge in [0.25, 0.3) is 0 Å². The first-order chi connectivity index (χ1) is 10.7. The van der Waals surface area contributed by atoms with E-state index >= 15 is 0 Å². The number of urea groups is 1. The maximum absolute atomic E-state index is 12.3. The molecule has 2 rings (SSSR count). The molecule has 0 aliphatic carbocycles. The molecule has 1 N–H and O–H groups in total. The molecule has 1 aromatic rings. The summed E-state index contributed by atoms with van der Waals surface area (Å²) in [6, 6.07) is 5.90. The third-order valence-corrected chi connectivity index (χ3v) is 6.86. The second-order valence-corrected chi connectivity index (χ2v) is 8.96. The minimum absolute atomic E-state index is 0.0446. The van der Waals surface area contributed by atoms with Gasteiger partial charge in [0.2, 0.25) is 0 Å². The van der Waals surface area contributed by atoms with Crippen molar-refractivity contribution in [1.82, 2.24) is 10.2 Å². The minimum atomic E-state index is -3.07. The molecule has 2 amide bonds. The molecule has 0 unspecified atom stereocenters. The first-order valence-electron chi connectivity index (χ1n) is 8.04. The number of amides is 2. The number of carbonyl (C=O) groups is 1. The van der Waals surface area contributed by atoms with Crippen LogP contribution in [0.5, 0.6) is 0 Å². The Morgan fingerprint density at radius 3 is 2.43 bits per heavy atom. The standard InChI is InChI=1S/C17H26N2O3S/c1-12-9-13(2)11-16(10-12)5-6-18-17(20)19-7-8-23(21,22)15(4)14(19)3/h9-11,14-15H,5-8H2,1-4H3,(H,18,20)/t14-,15-/m0/s1. The molecule has 0 radical (unpaired) electrons. The van der Waals surface area contributed by atoms with Gasteiger partial charge in [-0.15, -0.1) is 0 Å². The van der Waals surface area contributed by atoms with E-state index in [0.717, 1.165) is 6.42 Å². The van der Waals surface area contributed by atoms with Crippen molar-refractivity contribution < 1.29 is 13.2 Å². The molecule has 0 bridgehead atoms. The maximum Gasteiger partial charge on any atom is 0.317 e. The van der Waals surface area contributed by atoms with E-state index in [1.807, 2.05) is 0 Å². The Labute approximate surface area is 139 Å². The van der Waals surface area contributed by atoms with E-state index in [0.29, 0.717) is 6.54 Å². The fourth-order valence-corrected chi connectivity index (χ4v) is 4.65. The van der Waals surface area contributed by atoms with Crippen LogP contribution in [-0.4, -0.2) is 49.5 Å². The van der Waals surface area contributed by atoms with Gasteiger partial charge in [-0.25, -0.2) is 13.2 Å². The van der Waals surface area contributed by atoms with Crippen molar-refractivity contribution in [3.05, 3.63) is 34.9 Å². The second-order valence-electron chi connectivity index (χ2n) is 6.48. The van der Waals surface area contributed by atoms with Gasteiger partial charge in [0.05, 0.1) is 11.0 Å². The summed E-state index contributed by atoms with van der Waals surface area (Å²) in [5.74, 6) is 0.0446. The van der Waals surface area contributed by atoms with Crippen LogP contribution in [0.15, 0.2) is 18.2 Å². The lowest BCUT2D eigenvalue weighted by Crippen LogP contribution is -2.57. The second kappa shape index (κ2) is 6.91. The SMILES string of the molecule is Cc1cc(C)cc(CCNC(=O)N2CCS(=O)(=O)[C@@H](C)[C@@H]2C)c1. The van der Waals surface area contributed by atoms with Crippen LogP contribution in [0.1, 0.15) is 30.5 Å². The fourth-order valence-electron chi connectivity index (χ4n) is 3.08. The highest BCUT2D eigenvalue weighted by molar-refractivity contribution is 7.92. The molecule has 1 aliphatic rings. The highest BCUT2D eigenvalue weighted by Crippen LogP contribution is 2.19. The van der Waals surface area contributed by atoms with E-state index in [-0.39, 0.29) is 24.4 Å². The van der Waals surface area contributed by atoms with Gasteiger partial charge in [-0.3, -0.25) is 0 Å². The number of carbonyl (C=O) groups excluding carboxylic acids is 1. The molecule has 1 fully saturated rings. The van der Waals surface area contributed by atoms with Crippen molar-refractivity contribution in [2.75, 3.05) is 18.8 Å². The Kier molecular flexibility index (Phi) is 5.34. The van der Waals surface area contributed by atoms with Crippen LogP contribution in [0.25, 0.3) is 0 Å². The first kappa shape index (κ1) is 17.8. The fraction of sp³-hybridized carbons (Fsp3) is 0.588. The van der Waals surface area contributed by atoms with Crippen molar-refractivity contribution in [2.24, 2.45) is 0 Å². The summed E-state index contributed by atoms with van der Waals surface area (Å²) in [6.07, 6.45) is 0.768. The molecule has 23 heavy (non-hydrogen) atoms. The van der Waals surface area contributed by atoms with Gasteiger partial charge in [0.1, 0.15) is 0 Å². The van der Waals surface area contributed by atoms with E-state index < -0.39 is 15.1 Å². The molecule has 128 valence electrons. The average molecular weight is 338 g/mol. The normalized spacial score (nSPS) is 23.6. The Bertz CT molecular complexity index is 665. The third-order valence-electron chi connectivity index (χ3n) is 4.59. The molecule has 1 aliphatic heterocycles. The van der Waals surface area contributed by atoms with Crippen LogP contribution in [0, 0.1) is 13.8 Å². The number of hydrogen-bond acceptors (Lipinski definition) is 3. The van der Waals surface area contributed by atoms with Crippen molar-refractivity contribution >= 4 is 15.9 Å². The van der Waals surface area contributed by atoms with Gasteiger partial charge in [-0.05, 0) is 39.7 Å².